The summed E-state index contributed by atoms with van der Waals surface area (Å²) >= 11 is 0. The van der Waals surface area contributed by atoms with Crippen LogP contribution in [-0.2, 0) is 11.3 Å². The minimum Gasteiger partial charge on any atom is -0.493 e. The minimum absolute atomic E-state index is 0.0284. The van der Waals surface area contributed by atoms with Gasteiger partial charge < -0.3 is 14.8 Å². The van der Waals surface area contributed by atoms with Crippen LogP contribution in [0.25, 0.3) is 0 Å². The molecule has 0 aliphatic rings. The van der Waals surface area contributed by atoms with E-state index in [1.165, 1.54) is 0 Å². The summed E-state index contributed by atoms with van der Waals surface area (Å²) in [6.07, 6.45) is 0. The largest absolute Gasteiger partial charge is 0.493 e. The van der Waals surface area contributed by atoms with E-state index in [4.69, 9.17) is 9.47 Å². The SMILES string of the molecule is COc1cc(C)c(CN(C)CC(=O)Nc2cc(C)ccc2C)cc1OC. The molecule has 26 heavy (non-hydrogen) atoms. The molecule has 0 aliphatic carbocycles. The molecule has 0 heterocycles. The summed E-state index contributed by atoms with van der Waals surface area (Å²) in [5, 5.41) is 3.00. The van der Waals surface area contributed by atoms with Crippen LogP contribution in [0.1, 0.15) is 22.3 Å². The number of nitrogens with one attached hydrogen (secondary N) is 1. The Morgan fingerprint density at radius 2 is 1.65 bits per heavy atom. The Bertz CT molecular complexity index is 787. The number of nitrogens with zero attached hydrogens (tertiary/aromatic N) is 1. The van der Waals surface area contributed by atoms with Gasteiger partial charge in [0, 0.05) is 12.2 Å². The number of aryl methyl sites for hydroxylation is 3. The summed E-state index contributed by atoms with van der Waals surface area (Å²) in [5.74, 6) is 1.38. The molecule has 2 aromatic rings. The minimum atomic E-state index is -0.0284. The number of anilines is 1. The maximum atomic E-state index is 12.4. The van der Waals surface area contributed by atoms with E-state index in [2.05, 4.69) is 5.32 Å². The van der Waals surface area contributed by atoms with Gasteiger partial charge in [-0.15, -0.1) is 0 Å². The predicted octanol–water partition coefficient (Wildman–Crippen LogP) is 3.70. The third-order valence-electron chi connectivity index (χ3n) is 4.36. The second kappa shape index (κ2) is 8.72. The molecule has 0 aromatic heterocycles. The van der Waals surface area contributed by atoms with Crippen molar-refractivity contribution in [3.8, 4) is 11.5 Å². The van der Waals surface area contributed by atoms with E-state index in [9.17, 15) is 4.79 Å². The van der Waals surface area contributed by atoms with Gasteiger partial charge in [-0.25, -0.2) is 0 Å². The normalized spacial score (nSPS) is 10.7. The van der Waals surface area contributed by atoms with Crippen molar-refractivity contribution in [3.63, 3.8) is 0 Å². The quantitative estimate of drug-likeness (QED) is 0.822. The van der Waals surface area contributed by atoms with Crippen molar-refractivity contribution in [2.75, 3.05) is 33.1 Å². The maximum absolute atomic E-state index is 12.4. The Morgan fingerprint density at radius 1 is 1.00 bits per heavy atom. The van der Waals surface area contributed by atoms with Crippen LogP contribution in [0, 0.1) is 20.8 Å². The highest BCUT2D eigenvalue weighted by Gasteiger charge is 2.13. The van der Waals surface area contributed by atoms with Gasteiger partial charge >= 0.3 is 0 Å². The summed E-state index contributed by atoms with van der Waals surface area (Å²) in [7, 11) is 5.18. The second-order valence-corrected chi connectivity index (χ2v) is 6.67. The first-order valence-corrected chi connectivity index (χ1v) is 8.61. The molecule has 0 atom stereocenters. The van der Waals surface area contributed by atoms with Crippen molar-refractivity contribution >= 4 is 11.6 Å². The van der Waals surface area contributed by atoms with Crippen LogP contribution in [0.5, 0.6) is 11.5 Å². The summed E-state index contributed by atoms with van der Waals surface area (Å²) in [6, 6.07) is 9.97. The Balaban J connectivity index is 2.03. The lowest BCUT2D eigenvalue weighted by molar-refractivity contribution is -0.117. The highest BCUT2D eigenvalue weighted by atomic mass is 16.5. The van der Waals surface area contributed by atoms with Crippen LogP contribution in [0.3, 0.4) is 0 Å². The molecule has 0 saturated carbocycles. The average molecular weight is 356 g/mol. The lowest BCUT2D eigenvalue weighted by Gasteiger charge is -2.19. The molecule has 0 unspecified atom stereocenters. The monoisotopic (exact) mass is 356 g/mol. The molecule has 0 spiro atoms. The van der Waals surface area contributed by atoms with Crippen molar-refractivity contribution in [2.24, 2.45) is 0 Å². The zero-order chi connectivity index (χ0) is 19.3. The first kappa shape index (κ1) is 19.8. The zero-order valence-electron chi connectivity index (χ0n) is 16.5. The van der Waals surface area contributed by atoms with E-state index >= 15 is 0 Å². The molecule has 0 bridgehead atoms. The zero-order valence-corrected chi connectivity index (χ0v) is 16.5. The Labute approximate surface area is 155 Å². The van der Waals surface area contributed by atoms with Crippen molar-refractivity contribution < 1.29 is 14.3 Å². The number of amides is 1. The molecule has 0 radical (unpaired) electrons. The topological polar surface area (TPSA) is 50.8 Å². The number of carbonyl (C=O) groups is 1. The predicted molar refractivity (Wildman–Crippen MR) is 105 cm³/mol. The molecule has 1 N–H and O–H groups in total. The highest BCUT2D eigenvalue weighted by molar-refractivity contribution is 5.93. The molecular weight excluding hydrogens is 328 g/mol. The average Bonchev–Trinajstić information content (AvgIpc) is 2.59. The first-order chi connectivity index (χ1) is 12.3. The molecule has 0 aliphatic heterocycles. The van der Waals surface area contributed by atoms with Crippen molar-refractivity contribution in [2.45, 2.75) is 27.3 Å². The number of hydrogen-bond acceptors (Lipinski definition) is 4. The standard InChI is InChI=1S/C21H28N2O3/c1-14-7-8-15(2)18(9-14)22-21(24)13-23(4)12-17-11-20(26-6)19(25-5)10-16(17)3/h7-11H,12-13H2,1-6H3,(H,22,24). The third kappa shape index (κ3) is 4.99. The summed E-state index contributed by atoms with van der Waals surface area (Å²) in [6.45, 7) is 6.99. The fourth-order valence-corrected chi connectivity index (χ4v) is 2.85. The van der Waals surface area contributed by atoms with E-state index in [1.54, 1.807) is 14.2 Å². The maximum Gasteiger partial charge on any atom is 0.238 e. The molecule has 0 fully saturated rings. The number of methoxy groups -OCH3 is 2. The lowest BCUT2D eigenvalue weighted by atomic mass is 10.1. The van der Waals surface area contributed by atoms with E-state index in [-0.39, 0.29) is 5.91 Å². The number of likely N-dealkylation sites (N-methyl/N-ethyl adjacent to an activating group) is 1. The number of benzene rings is 2. The van der Waals surface area contributed by atoms with Crippen LogP contribution in [-0.4, -0.2) is 38.6 Å². The lowest BCUT2D eigenvalue weighted by Crippen LogP contribution is -2.30. The first-order valence-electron chi connectivity index (χ1n) is 8.61. The summed E-state index contributed by atoms with van der Waals surface area (Å²) in [5.41, 5.74) is 5.25. The highest BCUT2D eigenvalue weighted by Crippen LogP contribution is 2.30. The third-order valence-corrected chi connectivity index (χ3v) is 4.36. The Kier molecular flexibility index (Phi) is 6.64. The second-order valence-electron chi connectivity index (χ2n) is 6.67. The van der Waals surface area contributed by atoms with Gasteiger partial charge in [-0.1, -0.05) is 12.1 Å². The van der Waals surface area contributed by atoms with Crippen LogP contribution in [0.4, 0.5) is 5.69 Å². The van der Waals surface area contributed by atoms with Crippen LogP contribution in [0.15, 0.2) is 30.3 Å². The van der Waals surface area contributed by atoms with Crippen LogP contribution in [0.2, 0.25) is 0 Å². The van der Waals surface area contributed by atoms with E-state index in [0.717, 1.165) is 27.9 Å². The van der Waals surface area contributed by atoms with Crippen molar-refractivity contribution in [3.05, 3.63) is 52.6 Å². The summed E-state index contributed by atoms with van der Waals surface area (Å²) < 4.78 is 10.7. The van der Waals surface area contributed by atoms with Crippen molar-refractivity contribution in [1.82, 2.24) is 4.90 Å². The Morgan fingerprint density at radius 3 is 2.31 bits per heavy atom. The molecule has 2 rings (SSSR count). The molecule has 0 saturated heterocycles. The van der Waals surface area contributed by atoms with E-state index in [1.807, 2.05) is 63.1 Å². The van der Waals surface area contributed by atoms with Crippen molar-refractivity contribution in [1.29, 1.82) is 0 Å². The molecular formula is C21H28N2O3. The summed E-state index contributed by atoms with van der Waals surface area (Å²) in [4.78, 5) is 14.4. The number of rotatable bonds is 7. The molecule has 1 amide bonds. The molecule has 5 nitrogen and oxygen atoms in total. The van der Waals surface area contributed by atoms with Gasteiger partial charge in [0.25, 0.3) is 0 Å². The molecule has 140 valence electrons. The van der Waals surface area contributed by atoms with E-state index < -0.39 is 0 Å². The van der Waals surface area contributed by atoms with E-state index in [0.29, 0.717) is 24.6 Å². The number of hydrogen-bond donors (Lipinski definition) is 1. The fraction of sp³-hybridized carbons (Fsp3) is 0.381. The molecule has 5 heteroatoms. The van der Waals surface area contributed by atoms with Gasteiger partial charge in [0.15, 0.2) is 11.5 Å². The van der Waals surface area contributed by atoms with Gasteiger partial charge in [0.1, 0.15) is 0 Å². The molecule has 2 aromatic carbocycles. The number of ether oxygens (including phenoxy) is 2. The van der Waals surface area contributed by atoms with Gasteiger partial charge in [0.05, 0.1) is 20.8 Å². The number of carbonyl (C=O) groups excluding carboxylic acids is 1. The fourth-order valence-electron chi connectivity index (χ4n) is 2.85. The van der Waals surface area contributed by atoms with Gasteiger partial charge in [0.2, 0.25) is 5.91 Å². The van der Waals surface area contributed by atoms with Gasteiger partial charge in [-0.3, -0.25) is 9.69 Å². The van der Waals surface area contributed by atoms with Gasteiger partial charge in [-0.2, -0.15) is 0 Å². The van der Waals surface area contributed by atoms with Crippen LogP contribution >= 0.6 is 0 Å². The van der Waals surface area contributed by atoms with Crippen LogP contribution < -0.4 is 14.8 Å². The van der Waals surface area contributed by atoms with Gasteiger partial charge in [-0.05, 0) is 68.3 Å². The smallest absolute Gasteiger partial charge is 0.238 e. The Hall–Kier alpha value is -2.53.